The summed E-state index contributed by atoms with van der Waals surface area (Å²) < 4.78 is 0. The van der Waals surface area contributed by atoms with Crippen LogP contribution in [-0.2, 0) is 9.59 Å². The van der Waals surface area contributed by atoms with Gasteiger partial charge in [-0.25, -0.2) is 0 Å². The lowest BCUT2D eigenvalue weighted by Gasteiger charge is -2.09. The van der Waals surface area contributed by atoms with Crippen LogP contribution in [0.1, 0.15) is 33.6 Å². The molecule has 0 bridgehead atoms. The Morgan fingerprint density at radius 2 is 1.67 bits per heavy atom. The third-order valence-corrected chi connectivity index (χ3v) is 2.93. The summed E-state index contributed by atoms with van der Waals surface area (Å²) in [6.07, 6.45) is 1.45. The molecule has 1 aromatic carbocycles. The van der Waals surface area contributed by atoms with E-state index in [2.05, 4.69) is 29.8 Å². The Morgan fingerprint density at radius 3 is 2.24 bits per heavy atom. The zero-order valence-corrected chi connectivity index (χ0v) is 13.0. The number of nitrogens with one attached hydrogen (secondary N) is 3. The van der Waals surface area contributed by atoms with Gasteiger partial charge in [-0.05, 0) is 36.6 Å². The molecule has 0 aliphatic heterocycles. The molecule has 3 N–H and O–H groups in total. The summed E-state index contributed by atoms with van der Waals surface area (Å²) in [5.74, 6) is 0.581. The largest absolute Gasteiger partial charge is 0.385 e. The molecular formula is C16H25N3O2. The summed E-state index contributed by atoms with van der Waals surface area (Å²) in [6, 6.07) is 7.41. The normalized spacial score (nSPS) is 10.3. The maximum absolute atomic E-state index is 11.6. The van der Waals surface area contributed by atoms with Crippen LogP contribution in [0, 0.1) is 5.92 Å². The fourth-order valence-corrected chi connectivity index (χ4v) is 1.78. The van der Waals surface area contributed by atoms with Gasteiger partial charge in [-0.3, -0.25) is 9.59 Å². The van der Waals surface area contributed by atoms with Gasteiger partial charge in [0.15, 0.2) is 0 Å². The van der Waals surface area contributed by atoms with Gasteiger partial charge in [0.1, 0.15) is 0 Å². The molecule has 0 unspecified atom stereocenters. The van der Waals surface area contributed by atoms with E-state index < -0.39 is 0 Å². The Balaban J connectivity index is 2.23. The highest BCUT2D eigenvalue weighted by atomic mass is 16.2. The van der Waals surface area contributed by atoms with Crippen LogP contribution in [0.3, 0.4) is 0 Å². The van der Waals surface area contributed by atoms with E-state index >= 15 is 0 Å². The fraction of sp³-hybridized carbons (Fsp3) is 0.500. The molecule has 0 saturated heterocycles. The molecule has 0 aliphatic carbocycles. The monoisotopic (exact) mass is 291 g/mol. The maximum atomic E-state index is 11.6. The van der Waals surface area contributed by atoms with Crippen molar-refractivity contribution in [1.82, 2.24) is 5.32 Å². The van der Waals surface area contributed by atoms with E-state index in [1.54, 1.807) is 0 Å². The minimum Gasteiger partial charge on any atom is -0.385 e. The lowest BCUT2D eigenvalue weighted by molar-refractivity contribution is -0.120. The van der Waals surface area contributed by atoms with Crippen LogP contribution in [0.4, 0.5) is 11.4 Å². The number of amides is 2. The van der Waals surface area contributed by atoms with E-state index in [9.17, 15) is 9.59 Å². The molecule has 5 heteroatoms. The molecule has 0 atom stereocenters. The van der Waals surface area contributed by atoms with Gasteiger partial charge in [0.25, 0.3) is 0 Å². The highest BCUT2D eigenvalue weighted by molar-refractivity contribution is 5.88. The van der Waals surface area contributed by atoms with Crippen molar-refractivity contribution in [2.45, 2.75) is 33.6 Å². The average molecular weight is 291 g/mol. The predicted molar refractivity (Wildman–Crippen MR) is 86.3 cm³/mol. The first-order chi connectivity index (χ1) is 9.97. The molecule has 1 aromatic rings. The van der Waals surface area contributed by atoms with Crippen LogP contribution >= 0.6 is 0 Å². The molecule has 0 heterocycles. The third kappa shape index (κ3) is 7.97. The second-order valence-electron chi connectivity index (χ2n) is 5.47. The number of hydrogen-bond donors (Lipinski definition) is 3. The Hall–Kier alpha value is -2.04. The van der Waals surface area contributed by atoms with E-state index in [0.29, 0.717) is 18.9 Å². The molecule has 0 radical (unpaired) electrons. The quantitative estimate of drug-likeness (QED) is 0.689. The second kappa shape index (κ2) is 9.00. The number of benzene rings is 1. The van der Waals surface area contributed by atoms with Gasteiger partial charge in [0.2, 0.25) is 11.8 Å². The topological polar surface area (TPSA) is 70.2 Å². The second-order valence-corrected chi connectivity index (χ2v) is 5.47. The maximum Gasteiger partial charge on any atom is 0.221 e. The number of rotatable bonds is 8. The molecule has 1 rings (SSSR count). The van der Waals surface area contributed by atoms with Gasteiger partial charge in [-0.1, -0.05) is 13.8 Å². The van der Waals surface area contributed by atoms with Crippen LogP contribution in [0.5, 0.6) is 0 Å². The molecule has 21 heavy (non-hydrogen) atoms. The molecular weight excluding hydrogens is 266 g/mol. The van der Waals surface area contributed by atoms with Crippen LogP contribution in [0.25, 0.3) is 0 Å². The van der Waals surface area contributed by atoms with Crippen molar-refractivity contribution in [3.63, 3.8) is 0 Å². The minimum atomic E-state index is -0.0891. The van der Waals surface area contributed by atoms with Gasteiger partial charge in [-0.2, -0.15) is 0 Å². The lowest BCUT2D eigenvalue weighted by Crippen LogP contribution is -2.27. The summed E-state index contributed by atoms with van der Waals surface area (Å²) in [5.41, 5.74) is 1.69. The summed E-state index contributed by atoms with van der Waals surface area (Å²) in [4.78, 5) is 22.5. The van der Waals surface area contributed by atoms with E-state index in [-0.39, 0.29) is 11.8 Å². The van der Waals surface area contributed by atoms with Crippen molar-refractivity contribution in [3.8, 4) is 0 Å². The molecule has 0 aromatic heterocycles. The zero-order chi connectivity index (χ0) is 15.7. The number of anilines is 2. The van der Waals surface area contributed by atoms with E-state index in [4.69, 9.17) is 0 Å². The van der Waals surface area contributed by atoms with Crippen molar-refractivity contribution in [2.75, 3.05) is 23.7 Å². The Bertz CT molecular complexity index is 455. The van der Waals surface area contributed by atoms with Crippen LogP contribution in [0.2, 0.25) is 0 Å². The van der Waals surface area contributed by atoms with Crippen molar-refractivity contribution in [1.29, 1.82) is 0 Å². The molecule has 0 spiro atoms. The van der Waals surface area contributed by atoms with Gasteiger partial charge in [0, 0.05) is 37.8 Å². The molecule has 0 aliphatic rings. The van der Waals surface area contributed by atoms with E-state index in [0.717, 1.165) is 24.3 Å². The van der Waals surface area contributed by atoms with E-state index in [1.807, 2.05) is 24.3 Å². The molecule has 0 saturated carbocycles. The van der Waals surface area contributed by atoms with Crippen LogP contribution < -0.4 is 16.0 Å². The Labute approximate surface area is 126 Å². The standard InChI is InChI=1S/C16H25N3O2/c1-12(2)8-10-18-16(21)9-11-17-14-4-6-15(7-5-14)19-13(3)20/h4-7,12,17H,8-11H2,1-3H3,(H,18,21)(H,19,20). The van der Waals surface area contributed by atoms with Crippen LogP contribution in [-0.4, -0.2) is 24.9 Å². The summed E-state index contributed by atoms with van der Waals surface area (Å²) in [6.45, 7) is 7.08. The molecule has 5 nitrogen and oxygen atoms in total. The minimum absolute atomic E-state index is 0.0676. The first-order valence-electron chi connectivity index (χ1n) is 7.35. The smallest absolute Gasteiger partial charge is 0.221 e. The SMILES string of the molecule is CC(=O)Nc1ccc(NCCC(=O)NCCC(C)C)cc1. The predicted octanol–water partition coefficient (Wildman–Crippen LogP) is 2.61. The number of carbonyl (C=O) groups is 2. The Morgan fingerprint density at radius 1 is 1.05 bits per heavy atom. The van der Waals surface area contributed by atoms with Crippen molar-refractivity contribution in [3.05, 3.63) is 24.3 Å². The third-order valence-electron chi connectivity index (χ3n) is 2.93. The highest BCUT2D eigenvalue weighted by Gasteiger charge is 2.02. The zero-order valence-electron chi connectivity index (χ0n) is 13.0. The Kier molecular flexibility index (Phi) is 7.29. The summed E-state index contributed by atoms with van der Waals surface area (Å²) in [7, 11) is 0. The molecule has 116 valence electrons. The van der Waals surface area contributed by atoms with Gasteiger partial charge < -0.3 is 16.0 Å². The number of carbonyl (C=O) groups excluding carboxylic acids is 2. The van der Waals surface area contributed by atoms with Gasteiger partial charge >= 0.3 is 0 Å². The van der Waals surface area contributed by atoms with Gasteiger partial charge in [-0.15, -0.1) is 0 Å². The van der Waals surface area contributed by atoms with E-state index in [1.165, 1.54) is 6.92 Å². The molecule has 0 fully saturated rings. The summed E-state index contributed by atoms with van der Waals surface area (Å²) in [5, 5.41) is 8.79. The fourth-order valence-electron chi connectivity index (χ4n) is 1.78. The van der Waals surface area contributed by atoms with Crippen molar-refractivity contribution in [2.24, 2.45) is 5.92 Å². The molecule has 2 amide bonds. The first-order valence-corrected chi connectivity index (χ1v) is 7.35. The number of hydrogen-bond acceptors (Lipinski definition) is 3. The van der Waals surface area contributed by atoms with Gasteiger partial charge in [0.05, 0.1) is 0 Å². The highest BCUT2D eigenvalue weighted by Crippen LogP contribution is 2.13. The average Bonchev–Trinajstić information content (AvgIpc) is 2.39. The first kappa shape index (κ1) is 17.0. The lowest BCUT2D eigenvalue weighted by atomic mass is 10.1. The summed E-state index contributed by atoms with van der Waals surface area (Å²) >= 11 is 0. The van der Waals surface area contributed by atoms with Crippen molar-refractivity contribution >= 4 is 23.2 Å². The van der Waals surface area contributed by atoms with Crippen LogP contribution in [0.15, 0.2) is 24.3 Å². The van der Waals surface area contributed by atoms with Crippen molar-refractivity contribution < 1.29 is 9.59 Å².